The van der Waals surface area contributed by atoms with Crippen molar-refractivity contribution in [2.75, 3.05) is 12.3 Å². The molecule has 102 valence electrons. The Balaban J connectivity index is 1.88. The second kappa shape index (κ2) is 6.35. The zero-order valence-corrected chi connectivity index (χ0v) is 12.6. The van der Waals surface area contributed by atoms with Crippen molar-refractivity contribution >= 4 is 22.7 Å². The Bertz CT molecular complexity index is 529. The summed E-state index contributed by atoms with van der Waals surface area (Å²) in [6, 6.07) is 8.17. The molecule has 0 bridgehead atoms. The molecule has 0 aliphatic heterocycles. The molecule has 19 heavy (non-hydrogen) atoms. The quantitative estimate of drug-likeness (QED) is 0.515. The first kappa shape index (κ1) is 14.3. The van der Waals surface area contributed by atoms with E-state index in [1.54, 1.807) is 6.33 Å². The molecule has 0 unspecified atom stereocenters. The minimum absolute atomic E-state index is 0.201. The van der Waals surface area contributed by atoms with Crippen LogP contribution in [0.15, 0.2) is 35.6 Å². The highest BCUT2D eigenvalue weighted by atomic mass is 32.2. The van der Waals surface area contributed by atoms with Gasteiger partial charge in [0.05, 0.1) is 5.52 Å². The summed E-state index contributed by atoms with van der Waals surface area (Å²) in [5, 5.41) is 5.74. The molecule has 0 atom stereocenters. The number of thioether (sulfide) groups is 1. The predicted octanol–water partition coefficient (Wildman–Crippen LogP) is 3.50. The minimum Gasteiger partial charge on any atom is -0.312 e. The Morgan fingerprint density at radius 2 is 1.95 bits per heavy atom. The highest BCUT2D eigenvalue weighted by Gasteiger charge is 2.08. The van der Waals surface area contributed by atoms with Gasteiger partial charge >= 0.3 is 0 Å². The number of benzene rings is 1. The molecule has 0 saturated carbocycles. The van der Waals surface area contributed by atoms with Crippen molar-refractivity contribution in [3.63, 3.8) is 0 Å². The first-order valence-corrected chi connectivity index (χ1v) is 7.62. The van der Waals surface area contributed by atoms with Crippen LogP contribution in [0, 0.1) is 0 Å². The maximum absolute atomic E-state index is 4.38. The first-order chi connectivity index (χ1) is 9.06. The summed E-state index contributed by atoms with van der Waals surface area (Å²) < 4.78 is 0. The zero-order chi connectivity index (χ0) is 13.7. The van der Waals surface area contributed by atoms with Crippen LogP contribution >= 0.6 is 11.8 Å². The fraction of sp³-hybridized carbons (Fsp3) is 0.467. The Morgan fingerprint density at radius 3 is 2.74 bits per heavy atom. The molecule has 0 aliphatic carbocycles. The highest BCUT2D eigenvalue weighted by molar-refractivity contribution is 7.99. The van der Waals surface area contributed by atoms with Crippen LogP contribution in [0.25, 0.3) is 10.9 Å². The molecule has 1 heterocycles. The van der Waals surface area contributed by atoms with Gasteiger partial charge in [0.25, 0.3) is 0 Å². The summed E-state index contributed by atoms with van der Waals surface area (Å²) in [5.41, 5.74) is 1.22. The predicted molar refractivity (Wildman–Crippen MR) is 82.6 cm³/mol. The van der Waals surface area contributed by atoms with Gasteiger partial charge in [-0.2, -0.15) is 0 Å². The summed E-state index contributed by atoms with van der Waals surface area (Å²) in [4.78, 5) is 8.67. The Labute approximate surface area is 119 Å². The van der Waals surface area contributed by atoms with Gasteiger partial charge in [-0.3, -0.25) is 0 Å². The number of fused-ring (bicyclic) bond motifs is 1. The Morgan fingerprint density at radius 1 is 1.16 bits per heavy atom. The maximum atomic E-state index is 4.38. The van der Waals surface area contributed by atoms with Crippen LogP contribution in [0.2, 0.25) is 0 Å². The summed E-state index contributed by atoms with van der Waals surface area (Å²) in [7, 11) is 0. The van der Waals surface area contributed by atoms with E-state index in [0.29, 0.717) is 0 Å². The Hall–Kier alpha value is -1.13. The maximum Gasteiger partial charge on any atom is 0.117 e. The van der Waals surface area contributed by atoms with E-state index in [9.17, 15) is 0 Å². The van der Waals surface area contributed by atoms with Gasteiger partial charge in [-0.1, -0.05) is 18.2 Å². The average Bonchev–Trinajstić information content (AvgIpc) is 2.37. The van der Waals surface area contributed by atoms with Gasteiger partial charge in [-0.25, -0.2) is 9.97 Å². The molecule has 2 aromatic rings. The van der Waals surface area contributed by atoms with Crippen LogP contribution in [0.5, 0.6) is 0 Å². The molecule has 0 saturated heterocycles. The van der Waals surface area contributed by atoms with E-state index in [1.165, 1.54) is 0 Å². The number of hydrogen-bond donors (Lipinski definition) is 1. The molecule has 0 radical (unpaired) electrons. The number of nitrogens with zero attached hydrogens (tertiary/aromatic N) is 2. The molecule has 1 N–H and O–H groups in total. The van der Waals surface area contributed by atoms with Gasteiger partial charge in [0.1, 0.15) is 11.4 Å². The van der Waals surface area contributed by atoms with E-state index in [1.807, 2.05) is 30.0 Å². The summed E-state index contributed by atoms with van der Waals surface area (Å²) in [6.45, 7) is 7.62. The van der Waals surface area contributed by atoms with Crippen molar-refractivity contribution in [3.05, 3.63) is 30.6 Å². The number of rotatable bonds is 5. The van der Waals surface area contributed by atoms with Gasteiger partial charge in [0.15, 0.2) is 0 Å². The van der Waals surface area contributed by atoms with Crippen molar-refractivity contribution in [2.24, 2.45) is 0 Å². The molecule has 0 spiro atoms. The topological polar surface area (TPSA) is 37.8 Å². The number of para-hydroxylation sites is 1. The molecule has 0 fully saturated rings. The first-order valence-electron chi connectivity index (χ1n) is 6.64. The molecule has 3 nitrogen and oxygen atoms in total. The lowest BCUT2D eigenvalue weighted by Gasteiger charge is -2.20. The van der Waals surface area contributed by atoms with Crippen LogP contribution in [-0.4, -0.2) is 27.8 Å². The molecular formula is C15H21N3S. The molecule has 0 aliphatic rings. The molecule has 4 heteroatoms. The number of aromatic nitrogens is 2. The fourth-order valence-corrected chi connectivity index (χ4v) is 2.73. The standard InChI is InChI=1S/C15H21N3S/c1-15(2,3)18-9-6-10-19-14-12-7-4-5-8-13(12)16-11-17-14/h4-5,7-8,11,18H,6,9-10H2,1-3H3. The monoisotopic (exact) mass is 275 g/mol. The number of nitrogens with one attached hydrogen (secondary N) is 1. The van der Waals surface area contributed by atoms with E-state index >= 15 is 0 Å². The normalized spacial score (nSPS) is 11.9. The summed E-state index contributed by atoms with van der Waals surface area (Å²) in [5.74, 6) is 1.07. The lowest BCUT2D eigenvalue weighted by molar-refractivity contribution is 0.427. The second-order valence-electron chi connectivity index (χ2n) is 5.57. The molecule has 2 rings (SSSR count). The minimum atomic E-state index is 0.201. The van der Waals surface area contributed by atoms with E-state index in [2.05, 4.69) is 42.1 Å². The lowest BCUT2D eigenvalue weighted by atomic mass is 10.1. The average molecular weight is 275 g/mol. The second-order valence-corrected chi connectivity index (χ2v) is 6.66. The van der Waals surface area contributed by atoms with Gasteiger partial charge in [0.2, 0.25) is 0 Å². The molecule has 0 amide bonds. The molecular weight excluding hydrogens is 254 g/mol. The van der Waals surface area contributed by atoms with Crippen molar-refractivity contribution in [1.29, 1.82) is 0 Å². The van der Waals surface area contributed by atoms with Crippen molar-refractivity contribution in [2.45, 2.75) is 37.8 Å². The smallest absolute Gasteiger partial charge is 0.117 e. The third kappa shape index (κ3) is 4.48. The van der Waals surface area contributed by atoms with Crippen LogP contribution in [0.4, 0.5) is 0 Å². The molecule has 1 aromatic heterocycles. The van der Waals surface area contributed by atoms with E-state index in [4.69, 9.17) is 0 Å². The van der Waals surface area contributed by atoms with Gasteiger partial charge in [-0.05, 0) is 39.8 Å². The van der Waals surface area contributed by atoms with Crippen molar-refractivity contribution in [3.8, 4) is 0 Å². The lowest BCUT2D eigenvalue weighted by Crippen LogP contribution is -2.36. The van der Waals surface area contributed by atoms with Crippen LogP contribution in [0.1, 0.15) is 27.2 Å². The SMILES string of the molecule is CC(C)(C)NCCCSc1ncnc2ccccc12. The fourth-order valence-electron chi connectivity index (χ4n) is 1.80. The van der Waals surface area contributed by atoms with Gasteiger partial charge < -0.3 is 5.32 Å². The number of hydrogen-bond acceptors (Lipinski definition) is 4. The summed E-state index contributed by atoms with van der Waals surface area (Å²) in [6.07, 6.45) is 2.79. The van der Waals surface area contributed by atoms with Gasteiger partial charge in [-0.15, -0.1) is 11.8 Å². The summed E-state index contributed by atoms with van der Waals surface area (Å²) >= 11 is 1.81. The van der Waals surface area contributed by atoms with Crippen LogP contribution in [-0.2, 0) is 0 Å². The van der Waals surface area contributed by atoms with E-state index < -0.39 is 0 Å². The van der Waals surface area contributed by atoms with Crippen molar-refractivity contribution < 1.29 is 0 Å². The van der Waals surface area contributed by atoms with Crippen molar-refractivity contribution in [1.82, 2.24) is 15.3 Å². The third-order valence-electron chi connectivity index (χ3n) is 2.72. The van der Waals surface area contributed by atoms with E-state index in [0.717, 1.165) is 34.6 Å². The Kier molecular flexibility index (Phi) is 4.77. The van der Waals surface area contributed by atoms with E-state index in [-0.39, 0.29) is 5.54 Å². The van der Waals surface area contributed by atoms with Gasteiger partial charge in [0, 0.05) is 16.7 Å². The largest absolute Gasteiger partial charge is 0.312 e. The molecule has 1 aromatic carbocycles. The highest BCUT2D eigenvalue weighted by Crippen LogP contribution is 2.24. The zero-order valence-electron chi connectivity index (χ0n) is 11.8. The van der Waals surface area contributed by atoms with Crippen LogP contribution in [0.3, 0.4) is 0 Å². The van der Waals surface area contributed by atoms with Crippen LogP contribution < -0.4 is 5.32 Å². The third-order valence-corrected chi connectivity index (χ3v) is 3.81.